The zero-order chi connectivity index (χ0) is 15.8. The van der Waals surface area contributed by atoms with Gasteiger partial charge in [0.05, 0.1) is 21.3 Å². The predicted molar refractivity (Wildman–Crippen MR) is 110 cm³/mol. The first-order valence-corrected chi connectivity index (χ1v) is 9.99. The first kappa shape index (κ1) is 20.9. The van der Waals surface area contributed by atoms with Crippen LogP contribution >= 0.6 is 59.1 Å². The number of rotatable bonds is 3. The summed E-state index contributed by atoms with van der Waals surface area (Å²) in [7, 11) is 0. The van der Waals surface area contributed by atoms with E-state index in [2.05, 4.69) is 10.3 Å². The van der Waals surface area contributed by atoms with E-state index in [-0.39, 0.29) is 30.7 Å². The number of carbonyl (C=O) groups excluding carboxylic acids is 1. The monoisotopic (exact) mass is 439 g/mol. The Bertz CT molecular complexity index is 721. The minimum absolute atomic E-state index is 0. The summed E-state index contributed by atoms with van der Waals surface area (Å²) in [6.45, 7) is 1.71. The van der Waals surface area contributed by atoms with Gasteiger partial charge in [-0.15, -0.1) is 47.5 Å². The normalized spacial score (nSPS) is 22.0. The van der Waals surface area contributed by atoms with Crippen LogP contribution in [-0.4, -0.2) is 41.0 Å². The molecule has 9 heteroatoms. The Labute approximate surface area is 172 Å². The number of halogens is 3. The van der Waals surface area contributed by atoms with Crippen molar-refractivity contribution in [2.24, 2.45) is 0 Å². The van der Waals surface area contributed by atoms with Gasteiger partial charge in [-0.25, -0.2) is 4.98 Å². The Morgan fingerprint density at radius 2 is 2.08 bits per heavy atom. The SMILES string of the molecule is Cl.Cl.O=C(Cc1csc(-c2ccc(Cl)s2)n1)N1CCC2CCC(C1)N2. The largest absolute Gasteiger partial charge is 0.341 e. The van der Waals surface area contributed by atoms with Crippen molar-refractivity contribution in [3.63, 3.8) is 0 Å². The van der Waals surface area contributed by atoms with E-state index in [0.717, 1.165) is 39.4 Å². The Hall–Kier alpha value is -0.370. The summed E-state index contributed by atoms with van der Waals surface area (Å²) < 4.78 is 0.764. The number of thiazole rings is 1. The smallest absolute Gasteiger partial charge is 0.228 e. The second-order valence-corrected chi connectivity index (χ2v) is 8.76. The van der Waals surface area contributed by atoms with E-state index in [1.54, 1.807) is 11.3 Å². The Morgan fingerprint density at radius 1 is 1.28 bits per heavy atom. The van der Waals surface area contributed by atoms with E-state index in [9.17, 15) is 4.79 Å². The third kappa shape index (κ3) is 4.87. The molecule has 138 valence electrons. The van der Waals surface area contributed by atoms with Crippen molar-refractivity contribution in [3.8, 4) is 9.88 Å². The summed E-state index contributed by atoms with van der Waals surface area (Å²) in [5.41, 5.74) is 0.863. The molecule has 0 spiro atoms. The summed E-state index contributed by atoms with van der Waals surface area (Å²) in [5.74, 6) is 0.195. The number of thiophene rings is 1. The molecule has 0 saturated carbocycles. The Kier molecular flexibility index (Phi) is 7.55. The van der Waals surface area contributed by atoms with Crippen LogP contribution in [0, 0.1) is 0 Å². The summed E-state index contributed by atoms with van der Waals surface area (Å²) >= 11 is 9.08. The van der Waals surface area contributed by atoms with Crippen LogP contribution in [-0.2, 0) is 11.2 Å². The predicted octanol–water partition coefficient (Wildman–Crippen LogP) is 4.26. The third-order valence-corrected chi connectivity index (χ3v) is 6.84. The van der Waals surface area contributed by atoms with Crippen LogP contribution in [0.1, 0.15) is 25.0 Å². The second-order valence-electron chi connectivity index (χ2n) is 6.19. The standard InChI is InChI=1S/C16H18ClN3OS2.2ClH/c17-14-4-3-13(23-14)16-19-12(9-22-16)7-15(21)20-6-5-10-1-2-11(8-20)18-10;;/h3-4,9-11,18H,1-2,5-8H2;2*1H. The van der Waals surface area contributed by atoms with Crippen LogP contribution in [0.25, 0.3) is 9.88 Å². The summed E-state index contributed by atoms with van der Waals surface area (Å²) in [6.07, 6.45) is 3.91. The van der Waals surface area contributed by atoms with E-state index >= 15 is 0 Å². The molecule has 2 fully saturated rings. The lowest BCUT2D eigenvalue weighted by molar-refractivity contribution is -0.130. The molecule has 2 aromatic rings. The first-order chi connectivity index (χ1) is 11.2. The molecule has 2 unspecified atom stereocenters. The lowest BCUT2D eigenvalue weighted by atomic mass is 10.1. The molecule has 2 aliphatic heterocycles. The lowest BCUT2D eigenvalue weighted by Crippen LogP contribution is -2.39. The van der Waals surface area contributed by atoms with Crippen LogP contribution in [0.4, 0.5) is 0 Å². The molecular formula is C16H20Cl3N3OS2. The molecule has 2 atom stereocenters. The molecule has 2 saturated heterocycles. The number of hydrogen-bond acceptors (Lipinski definition) is 5. The van der Waals surface area contributed by atoms with Gasteiger partial charge in [0.1, 0.15) is 5.01 Å². The molecule has 4 nitrogen and oxygen atoms in total. The molecule has 25 heavy (non-hydrogen) atoms. The van der Waals surface area contributed by atoms with Gasteiger partial charge in [0.2, 0.25) is 5.91 Å². The van der Waals surface area contributed by atoms with Gasteiger partial charge in [0.15, 0.2) is 0 Å². The van der Waals surface area contributed by atoms with Gasteiger partial charge in [0, 0.05) is 30.6 Å². The topological polar surface area (TPSA) is 45.2 Å². The molecular weight excluding hydrogens is 421 g/mol. The van der Waals surface area contributed by atoms with Gasteiger partial charge in [-0.05, 0) is 31.4 Å². The highest BCUT2D eigenvalue weighted by Crippen LogP contribution is 2.33. The number of carbonyl (C=O) groups is 1. The number of amides is 1. The zero-order valence-corrected chi connectivity index (χ0v) is 17.5. The van der Waals surface area contributed by atoms with Crippen LogP contribution in [0.2, 0.25) is 4.34 Å². The molecule has 2 aromatic heterocycles. The van der Waals surface area contributed by atoms with Crippen molar-refractivity contribution in [1.29, 1.82) is 0 Å². The van der Waals surface area contributed by atoms with Crippen molar-refractivity contribution in [2.45, 2.75) is 37.8 Å². The van der Waals surface area contributed by atoms with Crippen LogP contribution < -0.4 is 5.32 Å². The number of fused-ring (bicyclic) bond motifs is 2. The minimum Gasteiger partial charge on any atom is -0.341 e. The van der Waals surface area contributed by atoms with Crippen molar-refractivity contribution >= 4 is 65.0 Å². The number of hydrogen-bond donors (Lipinski definition) is 1. The zero-order valence-electron chi connectivity index (χ0n) is 13.4. The van der Waals surface area contributed by atoms with Crippen molar-refractivity contribution in [3.05, 3.63) is 27.5 Å². The van der Waals surface area contributed by atoms with Crippen molar-refractivity contribution in [2.75, 3.05) is 13.1 Å². The molecule has 0 radical (unpaired) electrons. The maximum atomic E-state index is 12.6. The number of likely N-dealkylation sites (tertiary alicyclic amines) is 1. The molecule has 0 aliphatic carbocycles. The van der Waals surface area contributed by atoms with Crippen LogP contribution in [0.15, 0.2) is 17.5 Å². The average molecular weight is 441 g/mol. The summed E-state index contributed by atoms with van der Waals surface area (Å²) in [4.78, 5) is 20.3. The van der Waals surface area contributed by atoms with E-state index in [1.807, 2.05) is 22.4 Å². The molecule has 1 N–H and O–H groups in total. The molecule has 2 bridgehead atoms. The third-order valence-electron chi connectivity index (χ3n) is 4.54. The van der Waals surface area contributed by atoms with Gasteiger partial charge in [-0.2, -0.15) is 0 Å². The summed E-state index contributed by atoms with van der Waals surface area (Å²) in [6, 6.07) is 4.94. The van der Waals surface area contributed by atoms with Crippen molar-refractivity contribution in [1.82, 2.24) is 15.2 Å². The summed E-state index contributed by atoms with van der Waals surface area (Å²) in [5, 5.41) is 6.55. The van der Waals surface area contributed by atoms with Crippen molar-refractivity contribution < 1.29 is 4.79 Å². The highest BCUT2D eigenvalue weighted by molar-refractivity contribution is 7.23. The molecule has 4 heterocycles. The average Bonchev–Trinajstić information content (AvgIpc) is 3.20. The minimum atomic E-state index is 0. The fourth-order valence-corrected chi connectivity index (χ4v) is 5.30. The highest BCUT2D eigenvalue weighted by atomic mass is 35.5. The fraction of sp³-hybridized carbons (Fsp3) is 0.500. The Morgan fingerprint density at radius 3 is 2.84 bits per heavy atom. The Balaban J connectivity index is 0.00000113. The van der Waals surface area contributed by atoms with Gasteiger partial charge >= 0.3 is 0 Å². The molecule has 2 aliphatic rings. The van der Waals surface area contributed by atoms with Gasteiger partial charge in [-0.1, -0.05) is 11.6 Å². The maximum absolute atomic E-state index is 12.6. The van der Waals surface area contributed by atoms with Gasteiger partial charge < -0.3 is 10.2 Å². The van der Waals surface area contributed by atoms with Gasteiger partial charge in [-0.3, -0.25) is 4.79 Å². The van der Waals surface area contributed by atoms with E-state index < -0.39 is 0 Å². The van der Waals surface area contributed by atoms with E-state index in [0.29, 0.717) is 18.5 Å². The molecule has 0 aromatic carbocycles. The van der Waals surface area contributed by atoms with Gasteiger partial charge in [0.25, 0.3) is 0 Å². The fourth-order valence-electron chi connectivity index (χ4n) is 3.37. The molecule has 4 rings (SSSR count). The number of aromatic nitrogens is 1. The quantitative estimate of drug-likeness (QED) is 0.775. The lowest BCUT2D eigenvalue weighted by Gasteiger charge is -2.24. The van der Waals surface area contributed by atoms with Crippen LogP contribution in [0.3, 0.4) is 0 Å². The molecule has 1 amide bonds. The highest BCUT2D eigenvalue weighted by Gasteiger charge is 2.31. The second kappa shape index (κ2) is 9.02. The van der Waals surface area contributed by atoms with E-state index in [4.69, 9.17) is 11.6 Å². The number of nitrogens with one attached hydrogen (secondary N) is 1. The van der Waals surface area contributed by atoms with E-state index in [1.165, 1.54) is 24.2 Å². The number of nitrogens with zero attached hydrogens (tertiary/aromatic N) is 2. The maximum Gasteiger partial charge on any atom is 0.228 e. The first-order valence-electron chi connectivity index (χ1n) is 7.91. The van der Waals surface area contributed by atoms with Crippen LogP contribution in [0.5, 0.6) is 0 Å².